The molecule has 35 heavy (non-hydrogen) atoms. The van der Waals surface area contributed by atoms with Crippen LogP contribution in [0.3, 0.4) is 0 Å². The number of amides is 1. The van der Waals surface area contributed by atoms with Gasteiger partial charge in [0.1, 0.15) is 5.75 Å². The zero-order valence-corrected chi connectivity index (χ0v) is 20.3. The molecule has 4 aromatic rings. The molecule has 0 saturated carbocycles. The van der Waals surface area contributed by atoms with E-state index in [1.165, 1.54) is 28.6 Å². The van der Waals surface area contributed by atoms with Gasteiger partial charge in [-0.2, -0.15) is 0 Å². The number of hydrogen-bond donors (Lipinski definition) is 1. The number of ether oxygens (including phenoxy) is 1. The van der Waals surface area contributed by atoms with Gasteiger partial charge in [-0.05, 0) is 54.4 Å². The van der Waals surface area contributed by atoms with Crippen LogP contribution >= 0.6 is 22.9 Å². The molecule has 2 aromatic heterocycles. The number of aliphatic hydroxyl groups excluding tert-OH is 1. The van der Waals surface area contributed by atoms with Crippen molar-refractivity contribution >= 4 is 50.0 Å². The van der Waals surface area contributed by atoms with Crippen molar-refractivity contribution in [3.63, 3.8) is 0 Å². The summed E-state index contributed by atoms with van der Waals surface area (Å²) >= 11 is 7.39. The number of furan rings is 1. The standard InChI is InChI=1S/C26H21ClN2O5S/c1-2-3-11-33-17-7-4-6-15(13-17)22-21(23(30)19-8-5-12-34-19)24(31)25(32)29(22)26-28-18-10-9-16(27)14-20(18)35-26/h4-10,12-14,22,31H,2-3,11H2,1H3. The quantitative estimate of drug-likeness (QED) is 0.215. The van der Waals surface area contributed by atoms with Crippen LogP contribution in [0, 0.1) is 0 Å². The molecule has 1 aliphatic heterocycles. The third-order valence-electron chi connectivity index (χ3n) is 5.68. The van der Waals surface area contributed by atoms with E-state index in [2.05, 4.69) is 11.9 Å². The van der Waals surface area contributed by atoms with Crippen LogP contribution in [0.25, 0.3) is 10.2 Å². The minimum Gasteiger partial charge on any atom is -0.503 e. The van der Waals surface area contributed by atoms with Crippen LogP contribution in [-0.2, 0) is 4.79 Å². The lowest BCUT2D eigenvalue weighted by atomic mass is 9.95. The second-order valence-electron chi connectivity index (χ2n) is 8.03. The van der Waals surface area contributed by atoms with Crippen LogP contribution in [0.2, 0.25) is 5.02 Å². The van der Waals surface area contributed by atoms with Gasteiger partial charge in [0, 0.05) is 5.02 Å². The first-order valence-electron chi connectivity index (χ1n) is 11.1. The lowest BCUT2D eigenvalue weighted by molar-refractivity contribution is -0.117. The van der Waals surface area contributed by atoms with Gasteiger partial charge in [0.2, 0.25) is 5.78 Å². The van der Waals surface area contributed by atoms with Crippen LogP contribution < -0.4 is 9.64 Å². The van der Waals surface area contributed by atoms with Crippen molar-refractivity contribution in [1.29, 1.82) is 0 Å². The highest BCUT2D eigenvalue weighted by molar-refractivity contribution is 7.22. The van der Waals surface area contributed by atoms with Crippen molar-refractivity contribution < 1.29 is 23.8 Å². The third kappa shape index (κ3) is 4.31. The molecule has 1 unspecified atom stereocenters. The molecule has 0 fully saturated rings. The minimum absolute atomic E-state index is 0.0256. The minimum atomic E-state index is -0.925. The number of Topliss-reactive ketones (excluding diaryl/α,β-unsaturated/α-hetero) is 1. The number of fused-ring (bicyclic) bond motifs is 1. The van der Waals surface area contributed by atoms with E-state index in [1.54, 1.807) is 42.5 Å². The number of carbonyl (C=O) groups is 2. The summed E-state index contributed by atoms with van der Waals surface area (Å²) in [5, 5.41) is 11.8. The van der Waals surface area contributed by atoms with Crippen LogP contribution in [0.15, 0.2) is 76.6 Å². The van der Waals surface area contributed by atoms with Gasteiger partial charge in [-0.25, -0.2) is 4.98 Å². The maximum Gasteiger partial charge on any atom is 0.296 e. The number of halogens is 1. The SMILES string of the molecule is CCCCOc1cccc(C2C(C(=O)c3ccco3)=C(O)C(=O)N2c2nc3ccc(Cl)cc3s2)c1. The molecule has 0 aliphatic carbocycles. The van der Waals surface area contributed by atoms with Crippen LogP contribution in [0.1, 0.15) is 41.9 Å². The Kier molecular flexibility index (Phi) is 6.32. The molecule has 0 bridgehead atoms. The van der Waals surface area contributed by atoms with E-state index in [4.69, 9.17) is 20.8 Å². The summed E-state index contributed by atoms with van der Waals surface area (Å²) in [6.45, 7) is 2.62. The molecule has 9 heteroatoms. The number of rotatable bonds is 8. The first-order chi connectivity index (χ1) is 17.0. The van der Waals surface area contributed by atoms with Gasteiger partial charge >= 0.3 is 0 Å². The Morgan fingerprint density at radius 2 is 2.09 bits per heavy atom. The molecule has 7 nitrogen and oxygen atoms in total. The highest BCUT2D eigenvalue weighted by Gasteiger charge is 2.46. The predicted molar refractivity (Wildman–Crippen MR) is 134 cm³/mol. The number of hydrogen-bond acceptors (Lipinski definition) is 7. The largest absolute Gasteiger partial charge is 0.503 e. The molecule has 0 spiro atoms. The Balaban J connectivity index is 1.63. The van der Waals surface area contributed by atoms with Crippen molar-refractivity contribution in [2.24, 2.45) is 0 Å². The van der Waals surface area contributed by atoms with Gasteiger partial charge < -0.3 is 14.3 Å². The molecule has 3 heterocycles. The van der Waals surface area contributed by atoms with E-state index in [9.17, 15) is 14.7 Å². The topological polar surface area (TPSA) is 92.9 Å². The van der Waals surface area contributed by atoms with Gasteiger partial charge in [-0.1, -0.05) is 48.4 Å². The number of aliphatic hydroxyl groups is 1. The summed E-state index contributed by atoms with van der Waals surface area (Å²) in [6.07, 6.45) is 3.26. The number of thiazole rings is 1. The molecule has 0 saturated heterocycles. The van der Waals surface area contributed by atoms with E-state index in [0.29, 0.717) is 33.6 Å². The number of ketones is 1. The van der Waals surface area contributed by atoms with Gasteiger partial charge in [-0.15, -0.1) is 0 Å². The predicted octanol–water partition coefficient (Wildman–Crippen LogP) is 6.50. The van der Waals surface area contributed by atoms with E-state index in [-0.39, 0.29) is 11.3 Å². The van der Waals surface area contributed by atoms with Gasteiger partial charge in [0.25, 0.3) is 5.91 Å². The monoisotopic (exact) mass is 508 g/mol. The van der Waals surface area contributed by atoms with Crippen LogP contribution in [-0.4, -0.2) is 28.4 Å². The number of benzene rings is 2. The molecule has 178 valence electrons. The first kappa shape index (κ1) is 23.1. The average Bonchev–Trinajstić information content (AvgIpc) is 3.58. The maximum absolute atomic E-state index is 13.4. The smallest absolute Gasteiger partial charge is 0.296 e. The Bertz CT molecular complexity index is 1440. The molecule has 1 aliphatic rings. The van der Waals surface area contributed by atoms with Crippen molar-refractivity contribution in [1.82, 2.24) is 4.98 Å². The van der Waals surface area contributed by atoms with Crippen molar-refractivity contribution in [3.8, 4) is 5.75 Å². The van der Waals surface area contributed by atoms with Crippen molar-refractivity contribution in [3.05, 3.63) is 88.5 Å². The summed E-state index contributed by atoms with van der Waals surface area (Å²) in [6, 6.07) is 14.6. The fourth-order valence-corrected chi connectivity index (χ4v) is 5.26. The number of anilines is 1. The second-order valence-corrected chi connectivity index (χ2v) is 9.47. The zero-order chi connectivity index (χ0) is 24.5. The Morgan fingerprint density at radius 3 is 2.86 bits per heavy atom. The number of aromatic nitrogens is 1. The van der Waals surface area contributed by atoms with E-state index >= 15 is 0 Å². The van der Waals surface area contributed by atoms with E-state index in [1.807, 2.05) is 6.07 Å². The lowest BCUT2D eigenvalue weighted by Crippen LogP contribution is -2.31. The van der Waals surface area contributed by atoms with E-state index in [0.717, 1.165) is 17.5 Å². The number of unbranched alkanes of at least 4 members (excludes halogenated alkanes) is 1. The normalized spacial score (nSPS) is 15.9. The molecular formula is C26H21ClN2O5S. The average molecular weight is 509 g/mol. The van der Waals surface area contributed by atoms with E-state index < -0.39 is 23.5 Å². The summed E-state index contributed by atoms with van der Waals surface area (Å²) < 4.78 is 11.9. The molecule has 1 atom stereocenters. The van der Waals surface area contributed by atoms with Crippen LogP contribution in [0.5, 0.6) is 5.75 Å². The fourth-order valence-electron chi connectivity index (χ4n) is 3.99. The molecule has 2 aromatic carbocycles. The van der Waals surface area contributed by atoms with Gasteiger partial charge in [-0.3, -0.25) is 14.5 Å². The van der Waals surface area contributed by atoms with Gasteiger partial charge in [0.05, 0.1) is 34.7 Å². The molecule has 1 N–H and O–H groups in total. The first-order valence-corrected chi connectivity index (χ1v) is 12.3. The highest BCUT2D eigenvalue weighted by Crippen LogP contribution is 2.45. The Hall–Kier alpha value is -3.62. The fraction of sp³-hybridized carbons (Fsp3) is 0.192. The highest BCUT2D eigenvalue weighted by atomic mass is 35.5. The Morgan fingerprint density at radius 1 is 1.23 bits per heavy atom. The summed E-state index contributed by atoms with van der Waals surface area (Å²) in [4.78, 5) is 32.7. The molecule has 0 radical (unpaired) electrons. The molecule has 5 rings (SSSR count). The third-order valence-corrected chi connectivity index (χ3v) is 6.94. The van der Waals surface area contributed by atoms with Crippen molar-refractivity contribution in [2.45, 2.75) is 25.8 Å². The second kappa shape index (κ2) is 9.56. The van der Waals surface area contributed by atoms with Crippen molar-refractivity contribution in [2.75, 3.05) is 11.5 Å². The maximum atomic E-state index is 13.4. The summed E-state index contributed by atoms with van der Waals surface area (Å²) in [5.41, 5.74) is 1.18. The van der Waals surface area contributed by atoms with Gasteiger partial charge in [0.15, 0.2) is 16.7 Å². The lowest BCUT2D eigenvalue weighted by Gasteiger charge is -2.24. The number of carbonyl (C=O) groups excluding carboxylic acids is 2. The zero-order valence-electron chi connectivity index (χ0n) is 18.7. The summed E-state index contributed by atoms with van der Waals surface area (Å²) in [5.74, 6) is -1.29. The summed E-state index contributed by atoms with van der Waals surface area (Å²) in [7, 11) is 0. The molecular weight excluding hydrogens is 488 g/mol. The number of nitrogens with zero attached hydrogens (tertiary/aromatic N) is 2. The molecule has 1 amide bonds. The Labute approximate surface area is 210 Å². The van der Waals surface area contributed by atoms with Crippen LogP contribution in [0.4, 0.5) is 5.13 Å².